The zero-order valence-electron chi connectivity index (χ0n) is 17.5. The van der Waals surface area contributed by atoms with Crippen molar-refractivity contribution in [2.45, 2.75) is 33.3 Å². The second-order valence-corrected chi connectivity index (χ2v) is 6.50. The first-order valence-electron chi connectivity index (χ1n) is 9.95. The number of nitrogens with one attached hydrogen (secondary N) is 2. The van der Waals surface area contributed by atoms with Crippen molar-refractivity contribution in [3.63, 3.8) is 0 Å². The van der Waals surface area contributed by atoms with Gasteiger partial charge in [-0.05, 0) is 43.2 Å². The van der Waals surface area contributed by atoms with Crippen LogP contribution in [0.1, 0.15) is 37.0 Å². The molecular weight excluding hydrogens is 410 g/mol. The molecule has 0 saturated carbocycles. The van der Waals surface area contributed by atoms with Gasteiger partial charge in [-0.1, -0.05) is 19.9 Å². The Hall–Kier alpha value is -3.36. The predicted octanol–water partition coefficient (Wildman–Crippen LogP) is 4.23. The summed E-state index contributed by atoms with van der Waals surface area (Å²) >= 11 is 0. The Labute approximate surface area is 179 Å². The van der Waals surface area contributed by atoms with E-state index in [4.69, 9.17) is 9.47 Å². The Morgan fingerprint density at radius 3 is 2.35 bits per heavy atom. The zero-order chi connectivity index (χ0) is 22.6. The van der Waals surface area contributed by atoms with Crippen LogP contribution in [0.25, 0.3) is 0 Å². The fourth-order valence-corrected chi connectivity index (χ4v) is 2.52. The monoisotopic (exact) mass is 436 g/mol. The van der Waals surface area contributed by atoms with Gasteiger partial charge in [-0.2, -0.15) is 8.78 Å². The highest BCUT2D eigenvalue weighted by molar-refractivity contribution is 5.99. The van der Waals surface area contributed by atoms with E-state index in [0.717, 1.165) is 12.8 Å². The number of carbonyl (C=O) groups is 2. The van der Waals surface area contributed by atoms with Gasteiger partial charge in [-0.15, -0.1) is 0 Å². The summed E-state index contributed by atoms with van der Waals surface area (Å²) < 4.78 is 40.2. The number of alkyl halides is 2. The third-order valence-corrected chi connectivity index (χ3v) is 3.88. The number of carbonyl (C=O) groups excluding carboxylic acids is 2. The molecule has 31 heavy (non-hydrogen) atoms. The Bertz CT molecular complexity index is 877. The molecule has 0 aliphatic heterocycles. The number of hydrogen-bond donors (Lipinski definition) is 2. The molecule has 2 amide bonds. The van der Waals surface area contributed by atoms with E-state index in [2.05, 4.69) is 15.4 Å². The summed E-state index contributed by atoms with van der Waals surface area (Å²) in [6.45, 7) is 1.73. The second-order valence-electron chi connectivity index (χ2n) is 6.50. The minimum atomic E-state index is -2.99. The van der Waals surface area contributed by atoms with Gasteiger partial charge in [-0.3, -0.25) is 9.59 Å². The van der Waals surface area contributed by atoms with Crippen LogP contribution in [0.15, 0.2) is 42.5 Å². The van der Waals surface area contributed by atoms with Gasteiger partial charge in [0.15, 0.2) is 11.5 Å². The lowest BCUT2D eigenvalue weighted by Crippen LogP contribution is -2.32. The maximum Gasteiger partial charge on any atom is 0.387 e. The third kappa shape index (κ3) is 8.12. The molecule has 2 aromatic carbocycles. The largest absolute Gasteiger partial charge is 0.490 e. The molecule has 0 heterocycles. The number of ether oxygens (including phenoxy) is 3. The highest BCUT2D eigenvalue weighted by Gasteiger charge is 2.12. The molecule has 9 heteroatoms. The van der Waals surface area contributed by atoms with Crippen molar-refractivity contribution in [2.75, 3.05) is 25.1 Å². The summed E-state index contributed by atoms with van der Waals surface area (Å²) in [7, 11) is 0. The fourth-order valence-electron chi connectivity index (χ4n) is 2.52. The lowest BCUT2D eigenvalue weighted by Gasteiger charge is -2.14. The van der Waals surface area contributed by atoms with E-state index in [-0.39, 0.29) is 17.9 Å². The number of amides is 2. The minimum absolute atomic E-state index is 0.0960. The standard InChI is InChI=1S/C22H26F2N2O5/c1-3-10-29-18-9-8-16(13-19(18)30-11-4-2)26-20(27)14-25-21(28)15-6-5-7-17(12-15)31-22(23)24/h5-9,12-13,22H,3-4,10-11,14H2,1-2H3,(H,25,28)(H,26,27). The van der Waals surface area contributed by atoms with Crippen molar-refractivity contribution in [1.29, 1.82) is 0 Å². The molecule has 0 fully saturated rings. The third-order valence-electron chi connectivity index (χ3n) is 3.88. The SMILES string of the molecule is CCCOc1ccc(NC(=O)CNC(=O)c2cccc(OC(F)F)c2)cc1OCCC. The first-order chi connectivity index (χ1) is 14.9. The summed E-state index contributed by atoms with van der Waals surface area (Å²) in [4.78, 5) is 24.4. The number of rotatable bonds is 12. The van der Waals surface area contributed by atoms with Crippen LogP contribution in [0.3, 0.4) is 0 Å². The lowest BCUT2D eigenvalue weighted by molar-refractivity contribution is -0.115. The van der Waals surface area contributed by atoms with E-state index >= 15 is 0 Å². The number of benzene rings is 2. The molecular formula is C22H26F2N2O5. The van der Waals surface area contributed by atoms with Crippen molar-refractivity contribution in [2.24, 2.45) is 0 Å². The highest BCUT2D eigenvalue weighted by Crippen LogP contribution is 2.31. The topological polar surface area (TPSA) is 85.9 Å². The Kier molecular flexibility index (Phi) is 9.54. The quantitative estimate of drug-likeness (QED) is 0.520. The van der Waals surface area contributed by atoms with E-state index in [9.17, 15) is 18.4 Å². The van der Waals surface area contributed by atoms with Crippen LogP contribution >= 0.6 is 0 Å². The van der Waals surface area contributed by atoms with Crippen LogP contribution in [0.5, 0.6) is 17.2 Å². The van der Waals surface area contributed by atoms with E-state index in [1.165, 1.54) is 24.3 Å². The molecule has 0 aromatic heterocycles. The van der Waals surface area contributed by atoms with Gasteiger partial charge in [0.05, 0.1) is 19.8 Å². The maximum absolute atomic E-state index is 12.3. The van der Waals surface area contributed by atoms with Crippen LogP contribution in [0.4, 0.5) is 14.5 Å². The van der Waals surface area contributed by atoms with E-state index in [0.29, 0.717) is 30.4 Å². The molecule has 7 nitrogen and oxygen atoms in total. The van der Waals surface area contributed by atoms with Crippen LogP contribution < -0.4 is 24.8 Å². The minimum Gasteiger partial charge on any atom is -0.490 e. The summed E-state index contributed by atoms with van der Waals surface area (Å²) in [5.74, 6) is -0.0836. The molecule has 2 rings (SSSR count). The van der Waals surface area contributed by atoms with Gasteiger partial charge in [0, 0.05) is 17.3 Å². The van der Waals surface area contributed by atoms with Gasteiger partial charge in [0.2, 0.25) is 5.91 Å². The van der Waals surface area contributed by atoms with Crippen molar-refractivity contribution >= 4 is 17.5 Å². The van der Waals surface area contributed by atoms with Crippen molar-refractivity contribution < 1.29 is 32.6 Å². The summed E-state index contributed by atoms with van der Waals surface area (Å²) in [5, 5.41) is 5.11. The van der Waals surface area contributed by atoms with Crippen LogP contribution in [0.2, 0.25) is 0 Å². The summed E-state index contributed by atoms with van der Waals surface area (Å²) in [5.41, 5.74) is 0.583. The van der Waals surface area contributed by atoms with Gasteiger partial charge in [-0.25, -0.2) is 0 Å². The Balaban J connectivity index is 1.95. The van der Waals surface area contributed by atoms with Gasteiger partial charge >= 0.3 is 6.61 Å². The smallest absolute Gasteiger partial charge is 0.387 e. The van der Waals surface area contributed by atoms with E-state index in [1.807, 2.05) is 13.8 Å². The molecule has 0 unspecified atom stereocenters. The molecule has 0 radical (unpaired) electrons. The normalized spacial score (nSPS) is 10.5. The first-order valence-corrected chi connectivity index (χ1v) is 9.95. The van der Waals surface area contributed by atoms with Crippen molar-refractivity contribution in [1.82, 2.24) is 5.32 Å². The van der Waals surface area contributed by atoms with E-state index < -0.39 is 18.4 Å². The molecule has 0 aliphatic rings. The fraction of sp³-hybridized carbons (Fsp3) is 0.364. The molecule has 0 spiro atoms. The molecule has 2 aromatic rings. The van der Waals surface area contributed by atoms with Crippen molar-refractivity contribution in [3.8, 4) is 17.2 Å². The van der Waals surface area contributed by atoms with Gasteiger partial charge in [0.25, 0.3) is 5.91 Å². The molecule has 2 N–H and O–H groups in total. The molecule has 168 valence electrons. The number of hydrogen-bond acceptors (Lipinski definition) is 5. The average molecular weight is 436 g/mol. The molecule has 0 bridgehead atoms. The van der Waals surface area contributed by atoms with Crippen LogP contribution in [-0.2, 0) is 4.79 Å². The molecule has 0 aliphatic carbocycles. The lowest BCUT2D eigenvalue weighted by atomic mass is 10.2. The number of anilines is 1. The second kappa shape index (κ2) is 12.4. The Morgan fingerprint density at radius 1 is 0.968 bits per heavy atom. The van der Waals surface area contributed by atoms with Gasteiger partial charge in [0.1, 0.15) is 5.75 Å². The molecule has 0 atom stereocenters. The van der Waals surface area contributed by atoms with Crippen molar-refractivity contribution in [3.05, 3.63) is 48.0 Å². The zero-order valence-corrected chi connectivity index (χ0v) is 17.5. The van der Waals surface area contributed by atoms with Gasteiger partial charge < -0.3 is 24.8 Å². The summed E-state index contributed by atoms with van der Waals surface area (Å²) in [6, 6.07) is 10.4. The highest BCUT2D eigenvalue weighted by atomic mass is 19.3. The molecule has 0 saturated heterocycles. The first kappa shape index (κ1) is 23.9. The Morgan fingerprint density at radius 2 is 1.68 bits per heavy atom. The van der Waals surface area contributed by atoms with Crippen LogP contribution in [-0.4, -0.2) is 38.2 Å². The van der Waals surface area contributed by atoms with Crippen LogP contribution in [0, 0.1) is 0 Å². The summed E-state index contributed by atoms with van der Waals surface area (Å²) in [6.07, 6.45) is 1.67. The number of halogens is 2. The average Bonchev–Trinajstić information content (AvgIpc) is 2.75. The predicted molar refractivity (Wildman–Crippen MR) is 112 cm³/mol. The maximum atomic E-state index is 12.3. The van der Waals surface area contributed by atoms with E-state index in [1.54, 1.807) is 18.2 Å².